The molecule has 0 saturated carbocycles. The highest BCUT2D eigenvalue weighted by Crippen LogP contribution is 2.41. The van der Waals surface area contributed by atoms with Crippen molar-refractivity contribution in [2.75, 3.05) is 7.11 Å². The average Bonchev–Trinajstić information content (AvgIpc) is 3.08. The molecule has 0 spiro atoms. The number of aliphatic hydroxyl groups excluding tert-OH is 1. The Labute approximate surface area is 122 Å². The quantitative estimate of drug-likeness (QED) is 0.785. The highest BCUT2D eigenvalue weighted by atomic mass is 16.5. The molecule has 3 aromatic rings. The number of methoxy groups -OCH3 is 1. The van der Waals surface area contributed by atoms with Crippen LogP contribution in [0.15, 0.2) is 48.7 Å². The highest BCUT2D eigenvalue weighted by molar-refractivity contribution is 5.78. The number of rotatable bonds is 2. The number of aromatic nitrogens is 2. The first-order chi connectivity index (χ1) is 10.3. The van der Waals surface area contributed by atoms with Crippen molar-refractivity contribution in [3.63, 3.8) is 0 Å². The lowest BCUT2D eigenvalue weighted by Crippen LogP contribution is -2.15. The summed E-state index contributed by atoms with van der Waals surface area (Å²) in [4.78, 5) is 0. The van der Waals surface area contributed by atoms with Crippen LogP contribution in [0, 0.1) is 0 Å². The molecule has 0 amide bonds. The molecule has 1 aliphatic carbocycles. The van der Waals surface area contributed by atoms with Crippen molar-refractivity contribution in [3.8, 4) is 5.75 Å². The van der Waals surface area contributed by atoms with Crippen LogP contribution in [0.3, 0.4) is 0 Å². The summed E-state index contributed by atoms with van der Waals surface area (Å²) in [7, 11) is 1.64. The molecule has 4 rings (SSSR count). The summed E-state index contributed by atoms with van der Waals surface area (Å²) in [5.74, 6) is 0.777. The van der Waals surface area contributed by atoms with E-state index in [-0.39, 0.29) is 6.04 Å². The number of nitrogens with zero attached hydrogens (tertiary/aromatic N) is 2. The second-order valence-electron chi connectivity index (χ2n) is 5.43. The van der Waals surface area contributed by atoms with Gasteiger partial charge in [-0.05, 0) is 35.7 Å². The van der Waals surface area contributed by atoms with Crippen LogP contribution in [-0.2, 0) is 6.42 Å². The summed E-state index contributed by atoms with van der Waals surface area (Å²) in [6.07, 6.45) is 2.08. The standard InChI is InChI=1S/C17H16N2O2/c1-21-13-7-6-11-8-16(17(20)14(11)9-13)19-15-5-3-2-4-12(15)10-18-19/h2-7,9-10,16-17,20H,8H2,1H3. The first kappa shape index (κ1) is 12.4. The normalized spacial score (nSPS) is 20.7. The molecule has 0 fully saturated rings. The number of aliphatic hydroxyl groups is 1. The van der Waals surface area contributed by atoms with E-state index in [9.17, 15) is 5.11 Å². The summed E-state index contributed by atoms with van der Waals surface area (Å²) in [6, 6.07) is 13.9. The molecular formula is C17H16N2O2. The second-order valence-corrected chi connectivity index (χ2v) is 5.43. The Morgan fingerprint density at radius 2 is 2.10 bits per heavy atom. The van der Waals surface area contributed by atoms with Crippen LogP contribution in [0.1, 0.15) is 23.3 Å². The van der Waals surface area contributed by atoms with Crippen molar-refractivity contribution in [2.24, 2.45) is 0 Å². The molecule has 0 saturated heterocycles. The van der Waals surface area contributed by atoms with Gasteiger partial charge in [-0.3, -0.25) is 4.68 Å². The first-order valence-corrected chi connectivity index (χ1v) is 7.05. The maximum absolute atomic E-state index is 10.7. The van der Waals surface area contributed by atoms with E-state index >= 15 is 0 Å². The molecule has 1 aliphatic rings. The van der Waals surface area contributed by atoms with Crippen LogP contribution >= 0.6 is 0 Å². The van der Waals surface area contributed by atoms with E-state index < -0.39 is 6.10 Å². The summed E-state index contributed by atoms with van der Waals surface area (Å²) in [5, 5.41) is 16.3. The van der Waals surface area contributed by atoms with E-state index in [0.29, 0.717) is 0 Å². The van der Waals surface area contributed by atoms with Crippen molar-refractivity contribution in [1.82, 2.24) is 9.78 Å². The Bertz CT molecular complexity index is 809. The maximum Gasteiger partial charge on any atom is 0.119 e. The lowest BCUT2D eigenvalue weighted by Gasteiger charge is -2.17. The molecule has 1 heterocycles. The van der Waals surface area contributed by atoms with Gasteiger partial charge in [0.25, 0.3) is 0 Å². The van der Waals surface area contributed by atoms with Crippen molar-refractivity contribution in [2.45, 2.75) is 18.6 Å². The van der Waals surface area contributed by atoms with Gasteiger partial charge in [0.2, 0.25) is 0 Å². The summed E-state index contributed by atoms with van der Waals surface area (Å²) < 4.78 is 7.19. The maximum atomic E-state index is 10.7. The zero-order valence-corrected chi connectivity index (χ0v) is 11.7. The monoisotopic (exact) mass is 280 g/mol. The van der Waals surface area contributed by atoms with E-state index in [2.05, 4.69) is 5.10 Å². The van der Waals surface area contributed by atoms with Crippen LogP contribution in [0.25, 0.3) is 10.9 Å². The number of hydrogen-bond donors (Lipinski definition) is 1. The van der Waals surface area contributed by atoms with E-state index in [0.717, 1.165) is 34.2 Å². The van der Waals surface area contributed by atoms with Crippen molar-refractivity contribution in [3.05, 3.63) is 59.8 Å². The third-order valence-corrected chi connectivity index (χ3v) is 4.28. The van der Waals surface area contributed by atoms with Gasteiger partial charge < -0.3 is 9.84 Å². The molecule has 21 heavy (non-hydrogen) atoms. The van der Waals surface area contributed by atoms with Crippen molar-refractivity contribution < 1.29 is 9.84 Å². The van der Waals surface area contributed by atoms with Crippen LogP contribution in [-0.4, -0.2) is 22.0 Å². The number of para-hydroxylation sites is 1. The number of benzene rings is 2. The second kappa shape index (κ2) is 4.60. The zero-order chi connectivity index (χ0) is 14.4. The van der Waals surface area contributed by atoms with Crippen molar-refractivity contribution in [1.29, 1.82) is 0 Å². The minimum Gasteiger partial charge on any atom is -0.497 e. The van der Waals surface area contributed by atoms with Gasteiger partial charge in [0.1, 0.15) is 11.9 Å². The van der Waals surface area contributed by atoms with Gasteiger partial charge in [-0.1, -0.05) is 24.3 Å². The Balaban J connectivity index is 1.78. The molecule has 4 heteroatoms. The smallest absolute Gasteiger partial charge is 0.119 e. The lowest BCUT2D eigenvalue weighted by atomic mass is 10.1. The van der Waals surface area contributed by atoms with E-state index in [4.69, 9.17) is 4.74 Å². The molecule has 1 aromatic heterocycles. The number of hydrogen-bond acceptors (Lipinski definition) is 3. The lowest BCUT2D eigenvalue weighted by molar-refractivity contribution is 0.123. The van der Waals surface area contributed by atoms with E-state index in [1.807, 2.05) is 53.3 Å². The van der Waals surface area contributed by atoms with Gasteiger partial charge in [-0.25, -0.2) is 0 Å². The van der Waals surface area contributed by atoms with Crippen LogP contribution in [0.5, 0.6) is 5.75 Å². The fourth-order valence-corrected chi connectivity index (χ4v) is 3.18. The minimum absolute atomic E-state index is 0.0630. The average molecular weight is 280 g/mol. The molecule has 0 bridgehead atoms. The molecule has 106 valence electrons. The van der Waals surface area contributed by atoms with E-state index in [1.54, 1.807) is 7.11 Å². The molecule has 2 atom stereocenters. The SMILES string of the molecule is COc1ccc2c(c1)C(O)C(n1ncc3ccccc31)C2. The highest BCUT2D eigenvalue weighted by Gasteiger charge is 2.33. The predicted molar refractivity (Wildman–Crippen MR) is 80.4 cm³/mol. The van der Waals surface area contributed by atoms with Crippen LogP contribution < -0.4 is 4.74 Å². The van der Waals surface area contributed by atoms with Crippen molar-refractivity contribution >= 4 is 10.9 Å². The molecule has 2 aromatic carbocycles. The fourth-order valence-electron chi connectivity index (χ4n) is 3.18. The van der Waals surface area contributed by atoms with Gasteiger partial charge in [0.15, 0.2) is 0 Å². The van der Waals surface area contributed by atoms with Gasteiger partial charge in [-0.15, -0.1) is 0 Å². The largest absolute Gasteiger partial charge is 0.497 e. The summed E-state index contributed by atoms with van der Waals surface area (Å²) in [5.41, 5.74) is 3.16. The molecular weight excluding hydrogens is 264 g/mol. The van der Waals surface area contributed by atoms with Crippen LogP contribution in [0.4, 0.5) is 0 Å². The Hall–Kier alpha value is -2.33. The summed E-state index contributed by atoms with van der Waals surface area (Å²) >= 11 is 0. The zero-order valence-electron chi connectivity index (χ0n) is 11.7. The molecule has 0 aliphatic heterocycles. The first-order valence-electron chi connectivity index (χ1n) is 7.05. The fraction of sp³-hybridized carbons (Fsp3) is 0.235. The van der Waals surface area contributed by atoms with Gasteiger partial charge in [-0.2, -0.15) is 5.10 Å². The van der Waals surface area contributed by atoms with Crippen LogP contribution in [0.2, 0.25) is 0 Å². The third kappa shape index (κ3) is 1.83. The molecule has 1 N–H and O–H groups in total. The molecule has 4 nitrogen and oxygen atoms in total. The molecule has 0 radical (unpaired) electrons. The van der Waals surface area contributed by atoms with Gasteiger partial charge >= 0.3 is 0 Å². The number of ether oxygens (including phenoxy) is 1. The topological polar surface area (TPSA) is 47.3 Å². The number of fused-ring (bicyclic) bond motifs is 2. The Kier molecular flexibility index (Phi) is 2.72. The summed E-state index contributed by atoms with van der Waals surface area (Å²) in [6.45, 7) is 0. The molecule has 2 unspecified atom stereocenters. The van der Waals surface area contributed by atoms with Gasteiger partial charge in [0, 0.05) is 5.39 Å². The Morgan fingerprint density at radius 1 is 1.24 bits per heavy atom. The Morgan fingerprint density at radius 3 is 2.95 bits per heavy atom. The van der Waals surface area contributed by atoms with Gasteiger partial charge in [0.05, 0.1) is 24.9 Å². The third-order valence-electron chi connectivity index (χ3n) is 4.28. The predicted octanol–water partition coefficient (Wildman–Crippen LogP) is 2.88. The minimum atomic E-state index is -0.557. The van der Waals surface area contributed by atoms with E-state index in [1.165, 1.54) is 0 Å².